The zero-order valence-electron chi connectivity index (χ0n) is 10.5. The van der Waals surface area contributed by atoms with Gasteiger partial charge >= 0.3 is 0 Å². The third-order valence-corrected chi connectivity index (χ3v) is 3.63. The number of aromatic nitrogens is 1. The summed E-state index contributed by atoms with van der Waals surface area (Å²) in [6.07, 6.45) is 2.19. The second-order valence-corrected chi connectivity index (χ2v) is 4.96. The number of nitrogens with zero attached hydrogens (tertiary/aromatic N) is 1. The third-order valence-electron chi connectivity index (χ3n) is 2.72. The summed E-state index contributed by atoms with van der Waals surface area (Å²) < 4.78 is 5.24. The number of carbonyl (C=O) groups is 1. The molecule has 1 aromatic heterocycles. The molecule has 0 spiro atoms. The maximum atomic E-state index is 10.3. The van der Waals surface area contributed by atoms with Crippen LogP contribution in [-0.2, 0) is 11.2 Å². The summed E-state index contributed by atoms with van der Waals surface area (Å²) >= 11 is 1.60. The molecular formula is C14H15NO2S. The van der Waals surface area contributed by atoms with E-state index in [-0.39, 0.29) is 0 Å². The molecule has 0 atom stereocenters. The fourth-order valence-electron chi connectivity index (χ4n) is 1.78. The Bertz CT molecular complexity index is 548. The number of hydrogen-bond acceptors (Lipinski definition) is 4. The van der Waals surface area contributed by atoms with Gasteiger partial charge in [0.25, 0.3) is 0 Å². The molecule has 0 N–H and O–H groups in total. The Kier molecular flexibility index (Phi) is 4.10. The van der Waals surface area contributed by atoms with Crippen LogP contribution < -0.4 is 4.74 Å². The van der Waals surface area contributed by atoms with E-state index >= 15 is 0 Å². The van der Waals surface area contributed by atoms with Crippen molar-refractivity contribution in [2.75, 3.05) is 7.11 Å². The van der Waals surface area contributed by atoms with Crippen molar-refractivity contribution in [1.82, 2.24) is 4.98 Å². The Morgan fingerprint density at radius 1 is 1.44 bits per heavy atom. The minimum absolute atomic E-state index is 0.536. The Morgan fingerprint density at radius 2 is 2.28 bits per heavy atom. The lowest BCUT2D eigenvalue weighted by molar-refractivity contribution is -0.107. The predicted molar refractivity (Wildman–Crippen MR) is 73.2 cm³/mol. The summed E-state index contributed by atoms with van der Waals surface area (Å²) in [4.78, 5) is 14.9. The highest BCUT2D eigenvalue weighted by Crippen LogP contribution is 2.27. The van der Waals surface area contributed by atoms with E-state index in [2.05, 4.69) is 11.1 Å². The first kappa shape index (κ1) is 12.8. The Morgan fingerprint density at radius 3 is 2.94 bits per heavy atom. The number of thiazole rings is 1. The van der Waals surface area contributed by atoms with Crippen molar-refractivity contribution in [2.24, 2.45) is 0 Å². The van der Waals surface area contributed by atoms with E-state index < -0.39 is 0 Å². The van der Waals surface area contributed by atoms with Gasteiger partial charge in [-0.05, 0) is 30.7 Å². The molecule has 18 heavy (non-hydrogen) atoms. The summed E-state index contributed by atoms with van der Waals surface area (Å²) in [6.45, 7) is 2.02. The summed E-state index contributed by atoms with van der Waals surface area (Å²) in [7, 11) is 1.67. The summed E-state index contributed by atoms with van der Waals surface area (Å²) in [5.74, 6) is 0.884. The molecule has 1 heterocycles. The van der Waals surface area contributed by atoms with Gasteiger partial charge < -0.3 is 9.53 Å². The summed E-state index contributed by atoms with van der Waals surface area (Å²) in [5, 5.41) is 3.03. The molecule has 0 unspecified atom stereocenters. The molecule has 1 aromatic carbocycles. The molecule has 2 aromatic rings. The number of aldehydes is 1. The van der Waals surface area contributed by atoms with Crippen molar-refractivity contribution in [3.63, 3.8) is 0 Å². The van der Waals surface area contributed by atoms with Gasteiger partial charge in [-0.1, -0.05) is 0 Å². The SMILES string of the molecule is COc1ccc(-c2csc(CCC=O)n2)cc1C. The smallest absolute Gasteiger partial charge is 0.121 e. The number of carbonyl (C=O) groups excluding carboxylic acids is 1. The van der Waals surface area contributed by atoms with Gasteiger partial charge in [0.15, 0.2) is 0 Å². The number of benzene rings is 1. The van der Waals surface area contributed by atoms with E-state index in [1.165, 1.54) is 0 Å². The standard InChI is InChI=1S/C14H15NO2S/c1-10-8-11(5-6-13(10)17-2)12-9-18-14(15-12)4-3-7-16/h5-9H,3-4H2,1-2H3. The second-order valence-electron chi connectivity index (χ2n) is 4.02. The van der Waals surface area contributed by atoms with Crippen molar-refractivity contribution >= 4 is 17.6 Å². The topological polar surface area (TPSA) is 39.2 Å². The number of hydrogen-bond donors (Lipinski definition) is 0. The predicted octanol–water partition coefficient (Wildman–Crippen LogP) is 3.26. The average molecular weight is 261 g/mol. The maximum absolute atomic E-state index is 10.3. The second kappa shape index (κ2) is 5.78. The summed E-state index contributed by atoms with van der Waals surface area (Å²) in [6, 6.07) is 6.02. The molecule has 0 amide bonds. The van der Waals surface area contributed by atoms with Crippen LogP contribution in [0.5, 0.6) is 5.75 Å². The molecule has 4 heteroatoms. The van der Waals surface area contributed by atoms with Gasteiger partial charge in [-0.2, -0.15) is 0 Å². The first-order valence-electron chi connectivity index (χ1n) is 5.77. The minimum Gasteiger partial charge on any atom is -0.496 e. The first-order chi connectivity index (χ1) is 8.74. The van der Waals surface area contributed by atoms with Gasteiger partial charge in [0.2, 0.25) is 0 Å². The Hall–Kier alpha value is -1.68. The number of ether oxygens (including phenoxy) is 1. The van der Waals surface area contributed by atoms with Crippen molar-refractivity contribution in [1.29, 1.82) is 0 Å². The average Bonchev–Trinajstić information content (AvgIpc) is 2.85. The van der Waals surface area contributed by atoms with Crippen molar-refractivity contribution in [3.8, 4) is 17.0 Å². The van der Waals surface area contributed by atoms with Crippen LogP contribution in [0.25, 0.3) is 11.3 Å². The minimum atomic E-state index is 0.536. The van der Waals surface area contributed by atoms with Crippen LogP contribution in [0, 0.1) is 6.92 Å². The highest BCUT2D eigenvalue weighted by Gasteiger charge is 2.06. The van der Waals surface area contributed by atoms with Gasteiger partial charge in [0.05, 0.1) is 17.8 Å². The first-order valence-corrected chi connectivity index (χ1v) is 6.65. The molecule has 0 saturated heterocycles. The molecule has 94 valence electrons. The van der Waals surface area contributed by atoms with Crippen LogP contribution in [0.4, 0.5) is 0 Å². The van der Waals surface area contributed by atoms with E-state index in [0.717, 1.165) is 40.3 Å². The van der Waals surface area contributed by atoms with Gasteiger partial charge in [0.1, 0.15) is 12.0 Å². The lowest BCUT2D eigenvalue weighted by atomic mass is 10.1. The number of rotatable bonds is 5. The molecule has 0 radical (unpaired) electrons. The molecular weight excluding hydrogens is 246 g/mol. The Balaban J connectivity index is 2.23. The van der Waals surface area contributed by atoms with Gasteiger partial charge in [-0.15, -0.1) is 11.3 Å². The number of methoxy groups -OCH3 is 1. The van der Waals surface area contributed by atoms with Crippen LogP contribution in [0.2, 0.25) is 0 Å². The molecule has 0 saturated carbocycles. The van der Waals surface area contributed by atoms with Crippen LogP contribution in [0.3, 0.4) is 0 Å². The van der Waals surface area contributed by atoms with Gasteiger partial charge in [-0.25, -0.2) is 4.98 Å². The van der Waals surface area contributed by atoms with Crippen molar-refractivity contribution in [2.45, 2.75) is 19.8 Å². The molecule has 0 aliphatic heterocycles. The fraction of sp³-hybridized carbons (Fsp3) is 0.286. The highest BCUT2D eigenvalue weighted by atomic mass is 32.1. The molecule has 0 fully saturated rings. The largest absolute Gasteiger partial charge is 0.496 e. The lowest BCUT2D eigenvalue weighted by Gasteiger charge is -2.05. The quantitative estimate of drug-likeness (QED) is 0.775. The fourth-order valence-corrected chi connectivity index (χ4v) is 2.60. The monoisotopic (exact) mass is 261 g/mol. The third kappa shape index (κ3) is 2.76. The van der Waals surface area contributed by atoms with E-state index in [1.807, 2.05) is 24.4 Å². The van der Waals surface area contributed by atoms with Crippen molar-refractivity contribution < 1.29 is 9.53 Å². The number of aryl methyl sites for hydroxylation is 2. The molecule has 0 bridgehead atoms. The highest BCUT2D eigenvalue weighted by molar-refractivity contribution is 7.09. The lowest BCUT2D eigenvalue weighted by Crippen LogP contribution is -1.89. The van der Waals surface area contributed by atoms with E-state index in [1.54, 1.807) is 18.4 Å². The summed E-state index contributed by atoms with van der Waals surface area (Å²) in [5.41, 5.74) is 3.14. The maximum Gasteiger partial charge on any atom is 0.121 e. The zero-order chi connectivity index (χ0) is 13.0. The normalized spacial score (nSPS) is 10.3. The molecule has 3 nitrogen and oxygen atoms in total. The van der Waals surface area contributed by atoms with Crippen LogP contribution in [-0.4, -0.2) is 18.4 Å². The van der Waals surface area contributed by atoms with Crippen molar-refractivity contribution in [3.05, 3.63) is 34.2 Å². The Labute approximate surface area is 110 Å². The van der Waals surface area contributed by atoms with Crippen LogP contribution >= 0.6 is 11.3 Å². The van der Waals surface area contributed by atoms with E-state index in [9.17, 15) is 4.79 Å². The van der Waals surface area contributed by atoms with E-state index in [4.69, 9.17) is 4.74 Å². The molecule has 0 aliphatic carbocycles. The molecule has 2 rings (SSSR count). The van der Waals surface area contributed by atoms with Crippen LogP contribution in [0.1, 0.15) is 17.0 Å². The van der Waals surface area contributed by atoms with Crippen LogP contribution in [0.15, 0.2) is 23.6 Å². The van der Waals surface area contributed by atoms with Gasteiger partial charge in [-0.3, -0.25) is 0 Å². The van der Waals surface area contributed by atoms with Gasteiger partial charge in [0, 0.05) is 23.8 Å². The molecule has 0 aliphatic rings. The zero-order valence-corrected chi connectivity index (χ0v) is 11.3. The van der Waals surface area contributed by atoms with E-state index in [0.29, 0.717) is 6.42 Å².